The Morgan fingerprint density at radius 1 is 0.852 bits per heavy atom. The van der Waals surface area contributed by atoms with Crippen molar-refractivity contribution in [3.8, 4) is 0 Å². The Morgan fingerprint density at radius 2 is 1.33 bits per heavy atom. The van der Waals surface area contributed by atoms with Crippen LogP contribution in [0.5, 0.6) is 0 Å². The molecule has 1 N–H and O–H groups in total. The van der Waals surface area contributed by atoms with Crippen molar-refractivity contribution in [2.75, 3.05) is 0 Å². The molecule has 0 saturated carbocycles. The number of esters is 1. The number of ether oxygens (including phenoxy) is 2. The van der Waals surface area contributed by atoms with E-state index in [0.717, 1.165) is 11.1 Å². The third-order valence-electron chi connectivity index (χ3n) is 4.16. The lowest BCUT2D eigenvalue weighted by Gasteiger charge is -2.30. The van der Waals surface area contributed by atoms with E-state index in [1.54, 1.807) is 0 Å². The summed E-state index contributed by atoms with van der Waals surface area (Å²) in [5.74, 6) is -0.359. The number of hydrogen-bond donors (Lipinski definition) is 1. The quantitative estimate of drug-likeness (QED) is 0.732. The van der Waals surface area contributed by atoms with Crippen LogP contribution in [0, 0.1) is 5.41 Å². The molecule has 0 fully saturated rings. The van der Waals surface area contributed by atoms with Gasteiger partial charge in [0.2, 0.25) is 0 Å². The van der Waals surface area contributed by atoms with Gasteiger partial charge in [0.25, 0.3) is 0 Å². The first-order valence-electron chi connectivity index (χ1n) is 9.01. The van der Waals surface area contributed by atoms with Crippen LogP contribution in [0.1, 0.15) is 38.3 Å². The van der Waals surface area contributed by atoms with Crippen LogP contribution in [0.25, 0.3) is 0 Å². The average molecular weight is 369 g/mol. The van der Waals surface area contributed by atoms with E-state index in [-0.39, 0.29) is 31.0 Å². The van der Waals surface area contributed by atoms with Crippen molar-refractivity contribution in [2.24, 2.45) is 5.41 Å². The third kappa shape index (κ3) is 7.52. The summed E-state index contributed by atoms with van der Waals surface area (Å²) < 4.78 is 10.6. The van der Waals surface area contributed by atoms with Gasteiger partial charge in [-0.15, -0.1) is 0 Å². The van der Waals surface area contributed by atoms with E-state index < -0.39 is 12.1 Å². The molecule has 0 aliphatic rings. The molecular formula is C22H27NO4. The Labute approximate surface area is 160 Å². The van der Waals surface area contributed by atoms with E-state index in [1.807, 2.05) is 81.4 Å². The predicted octanol–water partition coefficient (Wildman–Crippen LogP) is 4.46. The summed E-state index contributed by atoms with van der Waals surface area (Å²) in [4.78, 5) is 24.4. The lowest BCUT2D eigenvalue weighted by Crippen LogP contribution is -2.45. The maximum atomic E-state index is 12.2. The number of amides is 1. The van der Waals surface area contributed by atoms with Crippen molar-refractivity contribution in [1.82, 2.24) is 5.32 Å². The van der Waals surface area contributed by atoms with Crippen LogP contribution in [0.15, 0.2) is 60.7 Å². The van der Waals surface area contributed by atoms with Gasteiger partial charge in [-0.25, -0.2) is 4.79 Å². The average Bonchev–Trinajstić information content (AvgIpc) is 2.65. The third-order valence-corrected chi connectivity index (χ3v) is 4.16. The fourth-order valence-corrected chi connectivity index (χ4v) is 2.44. The van der Waals surface area contributed by atoms with Crippen LogP contribution < -0.4 is 5.32 Å². The second-order valence-electron chi connectivity index (χ2n) is 7.48. The highest BCUT2D eigenvalue weighted by Crippen LogP contribution is 2.22. The molecule has 144 valence electrons. The molecule has 0 radical (unpaired) electrons. The van der Waals surface area contributed by atoms with Crippen LogP contribution in [-0.2, 0) is 27.5 Å². The highest BCUT2D eigenvalue weighted by Gasteiger charge is 2.29. The summed E-state index contributed by atoms with van der Waals surface area (Å²) >= 11 is 0. The van der Waals surface area contributed by atoms with Crippen LogP contribution in [-0.4, -0.2) is 18.1 Å². The molecule has 1 amide bonds. The summed E-state index contributed by atoms with van der Waals surface area (Å²) in [6.07, 6.45) is -0.467. The van der Waals surface area contributed by atoms with Crippen molar-refractivity contribution >= 4 is 12.1 Å². The smallest absolute Gasteiger partial charge is 0.407 e. The zero-order valence-corrected chi connectivity index (χ0v) is 16.1. The van der Waals surface area contributed by atoms with Gasteiger partial charge in [-0.05, 0) is 16.5 Å². The number of carbonyl (C=O) groups is 2. The molecule has 1 atom stereocenters. The standard InChI is InChI=1S/C22H27NO4/c1-22(2,3)19(14-20(24)26-15-17-10-6-4-7-11-17)23-21(25)27-16-18-12-8-5-9-13-18/h4-13,19H,14-16H2,1-3H3,(H,23,25). The molecule has 0 saturated heterocycles. The molecule has 1 unspecified atom stereocenters. The van der Waals surface area contributed by atoms with E-state index in [2.05, 4.69) is 5.32 Å². The Morgan fingerprint density at radius 3 is 1.81 bits per heavy atom. The maximum Gasteiger partial charge on any atom is 0.407 e. The number of nitrogens with one attached hydrogen (secondary N) is 1. The van der Waals surface area contributed by atoms with Crippen molar-refractivity contribution in [1.29, 1.82) is 0 Å². The van der Waals surface area contributed by atoms with Crippen molar-refractivity contribution in [3.05, 3.63) is 71.8 Å². The molecule has 2 rings (SSSR count). The molecule has 0 aliphatic heterocycles. The number of carbonyl (C=O) groups excluding carboxylic acids is 2. The fourth-order valence-electron chi connectivity index (χ4n) is 2.44. The monoisotopic (exact) mass is 369 g/mol. The van der Waals surface area contributed by atoms with Crippen LogP contribution >= 0.6 is 0 Å². The molecule has 0 aromatic heterocycles. The molecule has 0 spiro atoms. The largest absolute Gasteiger partial charge is 0.461 e. The molecule has 0 aliphatic carbocycles. The molecule has 5 nitrogen and oxygen atoms in total. The minimum Gasteiger partial charge on any atom is -0.461 e. The minimum absolute atomic E-state index is 0.0801. The molecule has 2 aromatic carbocycles. The van der Waals surface area contributed by atoms with Crippen molar-refractivity contribution < 1.29 is 19.1 Å². The van der Waals surface area contributed by atoms with E-state index in [0.29, 0.717) is 0 Å². The molecule has 27 heavy (non-hydrogen) atoms. The van der Waals surface area contributed by atoms with E-state index in [9.17, 15) is 9.59 Å². The summed E-state index contributed by atoms with van der Waals surface area (Å²) in [7, 11) is 0. The summed E-state index contributed by atoms with van der Waals surface area (Å²) in [6.45, 7) is 6.27. The molecule has 5 heteroatoms. The maximum absolute atomic E-state index is 12.2. The molecular weight excluding hydrogens is 342 g/mol. The van der Waals surface area contributed by atoms with Gasteiger partial charge in [0.05, 0.1) is 6.42 Å². The predicted molar refractivity (Wildman–Crippen MR) is 104 cm³/mol. The highest BCUT2D eigenvalue weighted by atomic mass is 16.5. The van der Waals surface area contributed by atoms with Gasteiger partial charge in [0.1, 0.15) is 13.2 Å². The van der Waals surface area contributed by atoms with Crippen LogP contribution in [0.3, 0.4) is 0 Å². The molecule has 2 aromatic rings. The summed E-state index contributed by atoms with van der Waals surface area (Å²) in [5, 5.41) is 2.79. The lowest BCUT2D eigenvalue weighted by atomic mass is 9.85. The van der Waals surface area contributed by atoms with E-state index >= 15 is 0 Å². The Balaban J connectivity index is 1.84. The van der Waals surface area contributed by atoms with Gasteiger partial charge < -0.3 is 14.8 Å². The zero-order valence-electron chi connectivity index (χ0n) is 16.1. The summed E-state index contributed by atoms with van der Waals surface area (Å²) in [6, 6.07) is 18.5. The van der Waals surface area contributed by atoms with Gasteiger partial charge in [0.15, 0.2) is 0 Å². The topological polar surface area (TPSA) is 64.6 Å². The van der Waals surface area contributed by atoms with Gasteiger partial charge >= 0.3 is 12.1 Å². The van der Waals surface area contributed by atoms with E-state index in [1.165, 1.54) is 0 Å². The first-order valence-corrected chi connectivity index (χ1v) is 9.01. The number of hydrogen-bond acceptors (Lipinski definition) is 4. The summed E-state index contributed by atoms with van der Waals surface area (Å²) in [5.41, 5.74) is 1.51. The van der Waals surface area contributed by atoms with Crippen LogP contribution in [0.4, 0.5) is 4.79 Å². The lowest BCUT2D eigenvalue weighted by molar-refractivity contribution is -0.146. The highest BCUT2D eigenvalue weighted by molar-refractivity contribution is 5.73. The second kappa shape index (κ2) is 9.76. The Bertz CT molecular complexity index is 665. The molecule has 0 heterocycles. The Kier molecular flexibility index (Phi) is 7.41. The molecule has 0 bridgehead atoms. The van der Waals surface area contributed by atoms with Gasteiger partial charge in [0, 0.05) is 6.04 Å². The normalized spacial score (nSPS) is 12.1. The van der Waals surface area contributed by atoms with E-state index in [4.69, 9.17) is 9.47 Å². The SMILES string of the molecule is CC(C)(C)C(CC(=O)OCc1ccccc1)NC(=O)OCc1ccccc1. The van der Waals surface area contributed by atoms with Gasteiger partial charge in [-0.3, -0.25) is 4.79 Å². The van der Waals surface area contributed by atoms with Crippen molar-refractivity contribution in [2.45, 2.75) is 46.4 Å². The van der Waals surface area contributed by atoms with Gasteiger partial charge in [-0.1, -0.05) is 81.4 Å². The first-order chi connectivity index (χ1) is 12.8. The number of rotatable bonds is 7. The van der Waals surface area contributed by atoms with Crippen molar-refractivity contribution in [3.63, 3.8) is 0 Å². The first kappa shape index (κ1) is 20.5. The number of benzene rings is 2. The fraction of sp³-hybridized carbons (Fsp3) is 0.364. The van der Waals surface area contributed by atoms with Crippen LogP contribution in [0.2, 0.25) is 0 Å². The zero-order chi connectivity index (χ0) is 19.7. The number of alkyl carbamates (subject to hydrolysis) is 1. The second-order valence-corrected chi connectivity index (χ2v) is 7.48. The minimum atomic E-state index is -0.547. The Hall–Kier alpha value is -2.82. The van der Waals surface area contributed by atoms with Gasteiger partial charge in [-0.2, -0.15) is 0 Å².